The van der Waals surface area contributed by atoms with Crippen LogP contribution in [-0.2, 0) is 0 Å². The van der Waals surface area contributed by atoms with Crippen molar-refractivity contribution in [3.05, 3.63) is 22.6 Å². The van der Waals surface area contributed by atoms with Crippen molar-refractivity contribution in [2.45, 2.75) is 19.5 Å². The van der Waals surface area contributed by atoms with Gasteiger partial charge in [0, 0.05) is 5.70 Å². The number of halogens is 3. The lowest BCUT2D eigenvalue weighted by Crippen LogP contribution is -2.12. The number of alkyl halides is 3. The summed E-state index contributed by atoms with van der Waals surface area (Å²) in [4.78, 5) is 0.708. The van der Waals surface area contributed by atoms with E-state index in [2.05, 4.69) is 6.58 Å². The number of hydrogen-bond acceptors (Lipinski definition) is 2. The molecule has 0 aliphatic rings. The molecule has 5 heteroatoms. The molecule has 0 spiro atoms. The normalized spacial score (nSPS) is 13.2. The average molecular weight is 197 g/mol. The zero-order chi connectivity index (χ0) is 9.78. The maximum absolute atomic E-state index is 11.7. The summed E-state index contributed by atoms with van der Waals surface area (Å²) in [6, 6.07) is 0. The van der Waals surface area contributed by atoms with Gasteiger partial charge >= 0.3 is 6.18 Å². The number of rotatable bonds is 3. The van der Waals surface area contributed by atoms with Crippen molar-refractivity contribution in [3.8, 4) is 0 Å². The van der Waals surface area contributed by atoms with Crippen LogP contribution < -0.4 is 5.73 Å². The minimum Gasteiger partial charge on any atom is -0.401 e. The van der Waals surface area contributed by atoms with Gasteiger partial charge in [0.05, 0.1) is 6.42 Å². The summed E-state index contributed by atoms with van der Waals surface area (Å²) in [6.45, 7) is 5.20. The molecule has 2 N–H and O–H groups in total. The second-order valence-corrected chi connectivity index (χ2v) is 3.47. The lowest BCUT2D eigenvalue weighted by atomic mass is 10.3. The molecule has 0 radical (unpaired) electrons. The van der Waals surface area contributed by atoms with Gasteiger partial charge in [-0.15, -0.1) is 11.8 Å². The first-order chi connectivity index (χ1) is 5.31. The molecular formula is C7H10F3NS. The van der Waals surface area contributed by atoms with E-state index in [1.165, 1.54) is 5.41 Å². The van der Waals surface area contributed by atoms with Crippen molar-refractivity contribution in [1.82, 2.24) is 0 Å². The molecule has 0 atom stereocenters. The Morgan fingerprint density at radius 3 is 2.42 bits per heavy atom. The van der Waals surface area contributed by atoms with E-state index in [4.69, 9.17) is 5.73 Å². The van der Waals surface area contributed by atoms with Gasteiger partial charge < -0.3 is 5.73 Å². The van der Waals surface area contributed by atoms with E-state index in [1.807, 2.05) is 0 Å². The van der Waals surface area contributed by atoms with Gasteiger partial charge in [0.2, 0.25) is 0 Å². The second-order valence-electron chi connectivity index (χ2n) is 2.30. The van der Waals surface area contributed by atoms with E-state index in [9.17, 15) is 13.2 Å². The maximum atomic E-state index is 11.7. The first kappa shape index (κ1) is 11.4. The summed E-state index contributed by atoms with van der Waals surface area (Å²) in [5.41, 5.74) is 4.90. The van der Waals surface area contributed by atoms with Gasteiger partial charge in [0.15, 0.2) is 0 Å². The van der Waals surface area contributed by atoms with Crippen LogP contribution in [0.25, 0.3) is 0 Å². The predicted octanol–water partition coefficient (Wildman–Crippen LogP) is 3.01. The zero-order valence-corrected chi connectivity index (χ0v) is 7.43. The zero-order valence-electron chi connectivity index (χ0n) is 6.61. The van der Waals surface area contributed by atoms with Crippen LogP contribution in [0.4, 0.5) is 13.2 Å². The Hall–Kier alpha value is -0.580. The van der Waals surface area contributed by atoms with E-state index >= 15 is 0 Å². The average Bonchev–Trinajstić information content (AvgIpc) is 1.79. The van der Waals surface area contributed by atoms with Crippen LogP contribution in [0.15, 0.2) is 22.6 Å². The molecule has 0 rings (SSSR count). The first-order valence-electron chi connectivity index (χ1n) is 3.14. The molecule has 0 amide bonds. The maximum Gasteiger partial charge on any atom is 0.394 e. The van der Waals surface area contributed by atoms with Gasteiger partial charge in [-0.3, -0.25) is 0 Å². The van der Waals surface area contributed by atoms with Crippen molar-refractivity contribution in [2.75, 3.05) is 0 Å². The molecule has 0 aromatic carbocycles. The summed E-state index contributed by atoms with van der Waals surface area (Å²) in [7, 11) is 0. The molecule has 0 aliphatic heterocycles. The number of hydrogen-bond donors (Lipinski definition) is 1. The van der Waals surface area contributed by atoms with Crippen LogP contribution in [-0.4, -0.2) is 6.18 Å². The third-order valence-corrected chi connectivity index (χ3v) is 1.64. The minimum absolute atomic E-state index is 0.185. The molecule has 0 fully saturated rings. The van der Waals surface area contributed by atoms with Crippen molar-refractivity contribution >= 4 is 11.8 Å². The van der Waals surface area contributed by atoms with Crippen LogP contribution >= 0.6 is 11.8 Å². The third-order valence-electron chi connectivity index (χ3n) is 0.816. The van der Waals surface area contributed by atoms with Gasteiger partial charge in [-0.1, -0.05) is 6.58 Å². The molecular weight excluding hydrogens is 187 g/mol. The Morgan fingerprint density at radius 1 is 1.58 bits per heavy atom. The van der Waals surface area contributed by atoms with E-state index in [-0.39, 0.29) is 5.70 Å². The van der Waals surface area contributed by atoms with Crippen LogP contribution in [0.2, 0.25) is 0 Å². The molecule has 0 aromatic heterocycles. The lowest BCUT2D eigenvalue weighted by Gasteiger charge is -2.05. The fourth-order valence-corrected chi connectivity index (χ4v) is 0.885. The van der Waals surface area contributed by atoms with E-state index in [0.717, 1.165) is 11.8 Å². The van der Waals surface area contributed by atoms with Gasteiger partial charge in [0.1, 0.15) is 0 Å². The highest BCUT2D eigenvalue weighted by Gasteiger charge is 2.27. The Bertz CT molecular complexity index is 195. The summed E-state index contributed by atoms with van der Waals surface area (Å²) in [5, 5.41) is 1.26. The standard InChI is InChI=1S/C7H10F3NS/c1-5(2)12-4-6(11)3-7(8,9)10/h4H,1,3,11H2,2H3/b6-4-. The Labute approximate surface area is 73.5 Å². The number of allylic oxidation sites excluding steroid dienone is 2. The molecule has 0 heterocycles. The molecule has 12 heavy (non-hydrogen) atoms. The molecule has 0 unspecified atom stereocenters. The lowest BCUT2D eigenvalue weighted by molar-refractivity contribution is -0.127. The van der Waals surface area contributed by atoms with Crippen LogP contribution in [0.3, 0.4) is 0 Å². The summed E-state index contributed by atoms with van der Waals surface area (Å²) >= 11 is 1.10. The minimum atomic E-state index is -4.23. The quantitative estimate of drug-likeness (QED) is 0.752. The molecule has 0 saturated carbocycles. The smallest absolute Gasteiger partial charge is 0.394 e. The summed E-state index contributed by atoms with van der Waals surface area (Å²) < 4.78 is 35.0. The molecule has 0 bridgehead atoms. The van der Waals surface area contributed by atoms with Gasteiger partial charge in [0.25, 0.3) is 0 Å². The van der Waals surface area contributed by atoms with Crippen molar-refractivity contribution in [2.24, 2.45) is 5.73 Å². The largest absolute Gasteiger partial charge is 0.401 e. The highest BCUT2D eigenvalue weighted by Crippen LogP contribution is 2.24. The Balaban J connectivity index is 3.95. The van der Waals surface area contributed by atoms with E-state index < -0.39 is 12.6 Å². The SMILES string of the molecule is C=C(C)S/C=C(\N)CC(F)(F)F. The van der Waals surface area contributed by atoms with Gasteiger partial charge in [-0.05, 0) is 17.2 Å². The monoisotopic (exact) mass is 197 g/mol. The van der Waals surface area contributed by atoms with Crippen molar-refractivity contribution < 1.29 is 13.2 Å². The second kappa shape index (κ2) is 4.45. The van der Waals surface area contributed by atoms with E-state index in [0.29, 0.717) is 4.91 Å². The topological polar surface area (TPSA) is 26.0 Å². The Morgan fingerprint density at radius 2 is 2.08 bits per heavy atom. The fourth-order valence-electron chi connectivity index (χ4n) is 0.449. The molecule has 0 aromatic rings. The third kappa shape index (κ3) is 7.53. The Kier molecular flexibility index (Phi) is 4.23. The van der Waals surface area contributed by atoms with Gasteiger partial charge in [-0.25, -0.2) is 0 Å². The van der Waals surface area contributed by atoms with Gasteiger partial charge in [-0.2, -0.15) is 13.2 Å². The highest BCUT2D eigenvalue weighted by molar-refractivity contribution is 8.05. The van der Waals surface area contributed by atoms with Crippen LogP contribution in [0, 0.1) is 0 Å². The molecule has 1 nitrogen and oxygen atoms in total. The summed E-state index contributed by atoms with van der Waals surface area (Å²) in [6.07, 6.45) is -5.29. The predicted molar refractivity (Wildman–Crippen MR) is 45.3 cm³/mol. The summed E-state index contributed by atoms with van der Waals surface area (Å²) in [5.74, 6) is 0. The number of thioether (sulfide) groups is 1. The van der Waals surface area contributed by atoms with Crippen molar-refractivity contribution in [1.29, 1.82) is 0 Å². The fraction of sp³-hybridized carbons (Fsp3) is 0.429. The van der Waals surface area contributed by atoms with Crippen molar-refractivity contribution in [3.63, 3.8) is 0 Å². The number of nitrogens with two attached hydrogens (primary N) is 1. The van der Waals surface area contributed by atoms with Crippen LogP contribution in [0.5, 0.6) is 0 Å². The first-order valence-corrected chi connectivity index (χ1v) is 4.02. The highest BCUT2D eigenvalue weighted by atomic mass is 32.2. The molecule has 0 saturated heterocycles. The van der Waals surface area contributed by atoms with Crippen LogP contribution in [0.1, 0.15) is 13.3 Å². The molecule has 70 valence electrons. The van der Waals surface area contributed by atoms with E-state index in [1.54, 1.807) is 6.92 Å². The molecule has 0 aliphatic carbocycles.